The van der Waals surface area contributed by atoms with Crippen LogP contribution in [-0.4, -0.2) is 30.5 Å². The normalized spacial score (nSPS) is 34.9. The molecule has 3 heteroatoms. The third-order valence-electron chi connectivity index (χ3n) is 2.73. The van der Waals surface area contributed by atoms with Crippen molar-refractivity contribution in [2.75, 3.05) is 7.05 Å². The van der Waals surface area contributed by atoms with Gasteiger partial charge in [0.1, 0.15) is 6.17 Å². The average Bonchev–Trinajstić information content (AvgIpc) is 2.27. The van der Waals surface area contributed by atoms with Crippen molar-refractivity contribution >= 4 is 0 Å². The minimum absolute atomic E-state index is 0.0296. The third kappa shape index (κ3) is 2.44. The van der Waals surface area contributed by atoms with Crippen LogP contribution in [0.25, 0.3) is 0 Å². The molecule has 0 amide bonds. The highest BCUT2D eigenvalue weighted by Crippen LogP contribution is 2.23. The van der Waals surface area contributed by atoms with Gasteiger partial charge in [-0.1, -0.05) is 6.92 Å². The van der Waals surface area contributed by atoms with E-state index in [0.29, 0.717) is 6.42 Å². The molecule has 0 bridgehead atoms. The van der Waals surface area contributed by atoms with Crippen LogP contribution in [0.1, 0.15) is 20.3 Å². The van der Waals surface area contributed by atoms with Gasteiger partial charge >= 0.3 is 0 Å². The number of aliphatic hydroxyl groups excluding tert-OH is 1. The van der Waals surface area contributed by atoms with E-state index in [-0.39, 0.29) is 12.0 Å². The summed E-state index contributed by atoms with van der Waals surface area (Å²) in [5.74, 6) is -0.0313. The maximum atomic E-state index is 13.3. The Morgan fingerprint density at radius 2 is 2.36 bits per heavy atom. The Balaban J connectivity index is 2.92. The molecule has 1 rings (SSSR count). The van der Waals surface area contributed by atoms with Crippen LogP contribution < -0.4 is 5.32 Å². The van der Waals surface area contributed by atoms with E-state index in [2.05, 4.69) is 11.0 Å². The van der Waals surface area contributed by atoms with Crippen molar-refractivity contribution in [1.82, 2.24) is 5.32 Å². The lowest BCUT2D eigenvalue weighted by atomic mass is 9.94. The van der Waals surface area contributed by atoms with Crippen LogP contribution in [0.5, 0.6) is 0 Å². The van der Waals surface area contributed by atoms with Gasteiger partial charge in [-0.2, -0.15) is 0 Å². The molecule has 0 heterocycles. The van der Waals surface area contributed by atoms with E-state index in [0.717, 1.165) is 5.57 Å². The molecule has 1 aliphatic rings. The summed E-state index contributed by atoms with van der Waals surface area (Å²) in [5.41, 5.74) is 3.62. The topological polar surface area (TPSA) is 32.3 Å². The largest absolute Gasteiger partial charge is 0.388 e. The molecular weight excluding hydrogens is 181 g/mol. The Labute approximate surface area is 84.5 Å². The molecule has 0 radical (unpaired) electrons. The summed E-state index contributed by atoms with van der Waals surface area (Å²) in [5, 5.41) is 12.6. The van der Waals surface area contributed by atoms with E-state index in [1.807, 2.05) is 14.0 Å². The van der Waals surface area contributed by atoms with Gasteiger partial charge in [-0.3, -0.25) is 0 Å². The van der Waals surface area contributed by atoms with E-state index in [1.165, 1.54) is 6.08 Å². The van der Waals surface area contributed by atoms with Crippen LogP contribution in [0.2, 0.25) is 0 Å². The number of hydrogen-bond donors (Lipinski definition) is 2. The summed E-state index contributed by atoms with van der Waals surface area (Å²) in [4.78, 5) is 0. The summed E-state index contributed by atoms with van der Waals surface area (Å²) in [6, 6.07) is 0.0296. The minimum atomic E-state index is -0.956. The molecule has 0 aromatic carbocycles. The van der Waals surface area contributed by atoms with Gasteiger partial charge in [0.05, 0.1) is 6.10 Å². The molecule has 0 aliphatic heterocycles. The Hall–Kier alpha value is -0.630. The van der Waals surface area contributed by atoms with Crippen LogP contribution in [0, 0.1) is 5.92 Å². The first-order chi connectivity index (χ1) is 6.56. The van der Waals surface area contributed by atoms with Crippen molar-refractivity contribution < 1.29 is 9.50 Å². The van der Waals surface area contributed by atoms with Crippen molar-refractivity contribution in [3.63, 3.8) is 0 Å². The summed E-state index contributed by atoms with van der Waals surface area (Å²) in [7, 11) is 1.82. The minimum Gasteiger partial charge on any atom is -0.388 e. The van der Waals surface area contributed by atoms with Gasteiger partial charge in [0, 0.05) is 11.6 Å². The fourth-order valence-corrected chi connectivity index (χ4v) is 1.75. The molecule has 0 aromatic rings. The van der Waals surface area contributed by atoms with E-state index in [1.54, 1.807) is 6.92 Å². The molecule has 0 saturated heterocycles. The molecule has 0 spiro atoms. The predicted molar refractivity (Wildman–Crippen MR) is 54.8 cm³/mol. The van der Waals surface area contributed by atoms with Gasteiger partial charge in [0.25, 0.3) is 0 Å². The summed E-state index contributed by atoms with van der Waals surface area (Å²) in [6.45, 7) is 3.56. The first-order valence-electron chi connectivity index (χ1n) is 5.02. The van der Waals surface area contributed by atoms with Gasteiger partial charge in [0.2, 0.25) is 0 Å². The molecular formula is C11H18FNO. The van der Waals surface area contributed by atoms with Gasteiger partial charge in [-0.25, -0.2) is 4.39 Å². The van der Waals surface area contributed by atoms with Crippen LogP contribution in [0.4, 0.5) is 4.39 Å². The Morgan fingerprint density at radius 3 is 2.86 bits per heavy atom. The lowest BCUT2D eigenvalue weighted by molar-refractivity contribution is 0.212. The lowest BCUT2D eigenvalue weighted by Gasteiger charge is -2.22. The summed E-state index contributed by atoms with van der Waals surface area (Å²) >= 11 is 0. The zero-order valence-electron chi connectivity index (χ0n) is 8.92. The van der Waals surface area contributed by atoms with Crippen LogP contribution >= 0.6 is 0 Å². The Bertz CT molecular complexity index is 256. The second-order valence-corrected chi connectivity index (χ2v) is 3.94. The summed E-state index contributed by atoms with van der Waals surface area (Å²) in [6.07, 6.45) is 0.592. The summed E-state index contributed by atoms with van der Waals surface area (Å²) < 4.78 is 13.3. The smallest absolute Gasteiger partial charge is 0.128 e. The SMILES string of the molecule is CNC1C[C@@H](C)C(F)C=C=C1C(C)O. The van der Waals surface area contributed by atoms with E-state index in [4.69, 9.17) is 0 Å². The molecule has 0 fully saturated rings. The van der Waals surface area contributed by atoms with Crippen molar-refractivity contribution in [3.8, 4) is 0 Å². The van der Waals surface area contributed by atoms with Crippen molar-refractivity contribution in [2.45, 2.75) is 38.6 Å². The highest BCUT2D eigenvalue weighted by atomic mass is 19.1. The molecule has 14 heavy (non-hydrogen) atoms. The first kappa shape index (κ1) is 11.4. The zero-order chi connectivity index (χ0) is 10.7. The van der Waals surface area contributed by atoms with Crippen molar-refractivity contribution in [1.29, 1.82) is 0 Å². The van der Waals surface area contributed by atoms with Crippen LogP contribution in [0.15, 0.2) is 17.4 Å². The number of likely N-dealkylation sites (N-methyl/N-ethyl adjacent to an activating group) is 1. The number of rotatable bonds is 2. The monoisotopic (exact) mass is 199 g/mol. The quantitative estimate of drug-likeness (QED) is 0.659. The Kier molecular flexibility index (Phi) is 3.87. The molecule has 0 aromatic heterocycles. The number of halogens is 1. The zero-order valence-corrected chi connectivity index (χ0v) is 8.92. The Morgan fingerprint density at radius 1 is 1.71 bits per heavy atom. The molecule has 4 atom stereocenters. The fraction of sp³-hybridized carbons (Fsp3) is 0.727. The van der Waals surface area contributed by atoms with E-state index in [9.17, 15) is 9.50 Å². The van der Waals surface area contributed by atoms with Crippen molar-refractivity contribution in [2.24, 2.45) is 5.92 Å². The van der Waals surface area contributed by atoms with Gasteiger partial charge < -0.3 is 10.4 Å². The average molecular weight is 199 g/mol. The molecule has 80 valence electrons. The molecule has 3 unspecified atom stereocenters. The van der Waals surface area contributed by atoms with E-state index >= 15 is 0 Å². The second-order valence-electron chi connectivity index (χ2n) is 3.94. The number of alkyl halides is 1. The maximum Gasteiger partial charge on any atom is 0.128 e. The van der Waals surface area contributed by atoms with Crippen LogP contribution in [-0.2, 0) is 0 Å². The standard InChI is InChI=1S/C11H18FNO/c1-7-6-11(13-3)9(8(2)14)4-5-10(7)12/h5,7-8,10-11,13-14H,6H2,1-3H3/t7-,8?,10?,11?/m1/s1. The second kappa shape index (κ2) is 4.74. The number of nitrogens with one attached hydrogen (secondary N) is 1. The van der Waals surface area contributed by atoms with Gasteiger partial charge in [0.15, 0.2) is 0 Å². The number of hydrogen-bond acceptors (Lipinski definition) is 2. The fourth-order valence-electron chi connectivity index (χ4n) is 1.75. The highest BCUT2D eigenvalue weighted by molar-refractivity contribution is 5.18. The predicted octanol–water partition coefficient (Wildman–Crippen LogP) is 1.41. The van der Waals surface area contributed by atoms with Gasteiger partial charge in [-0.05, 0) is 32.4 Å². The molecule has 2 nitrogen and oxygen atoms in total. The molecule has 2 N–H and O–H groups in total. The van der Waals surface area contributed by atoms with Crippen molar-refractivity contribution in [3.05, 3.63) is 17.4 Å². The number of aliphatic hydroxyl groups is 1. The van der Waals surface area contributed by atoms with E-state index < -0.39 is 12.3 Å². The maximum absolute atomic E-state index is 13.3. The molecule has 1 aliphatic carbocycles. The first-order valence-corrected chi connectivity index (χ1v) is 5.02. The van der Waals surface area contributed by atoms with Crippen LogP contribution in [0.3, 0.4) is 0 Å². The molecule has 0 saturated carbocycles. The van der Waals surface area contributed by atoms with Gasteiger partial charge in [-0.15, -0.1) is 5.73 Å². The third-order valence-corrected chi connectivity index (χ3v) is 2.73. The lowest BCUT2D eigenvalue weighted by Crippen LogP contribution is -2.33. The highest BCUT2D eigenvalue weighted by Gasteiger charge is 2.25.